The maximum Gasteiger partial charge on any atom is 0.308 e. The number of rotatable bonds is 5. The van der Waals surface area contributed by atoms with Crippen molar-refractivity contribution in [2.45, 2.75) is 20.8 Å². The molecule has 126 valence electrons. The minimum Gasteiger partial charge on any atom is -0.496 e. The van der Waals surface area contributed by atoms with E-state index >= 15 is 0 Å². The van der Waals surface area contributed by atoms with E-state index in [1.54, 1.807) is 19.2 Å². The molecule has 0 aliphatic rings. The molecule has 0 amide bonds. The number of methoxy groups -OCH3 is 2. The van der Waals surface area contributed by atoms with Crippen LogP contribution in [0.4, 0.5) is 0 Å². The largest absolute Gasteiger partial charge is 0.496 e. The Morgan fingerprint density at radius 3 is 2.12 bits per heavy atom. The average molecular weight is 326 g/mol. The summed E-state index contributed by atoms with van der Waals surface area (Å²) in [6, 6.07) is 9.42. The van der Waals surface area contributed by atoms with Gasteiger partial charge in [0, 0.05) is 6.92 Å². The number of benzene rings is 2. The Morgan fingerprint density at radius 1 is 0.917 bits per heavy atom. The highest BCUT2D eigenvalue weighted by molar-refractivity contribution is 5.81. The van der Waals surface area contributed by atoms with E-state index in [4.69, 9.17) is 14.2 Å². The lowest BCUT2D eigenvalue weighted by molar-refractivity contribution is -0.132. The minimum absolute atomic E-state index is 0.374. The summed E-state index contributed by atoms with van der Waals surface area (Å²) < 4.78 is 15.9. The number of hydrogen-bond acceptors (Lipinski definition) is 4. The quantitative estimate of drug-likeness (QED) is 0.607. The molecule has 24 heavy (non-hydrogen) atoms. The zero-order valence-corrected chi connectivity index (χ0v) is 14.7. The van der Waals surface area contributed by atoms with Crippen LogP contribution in [0.2, 0.25) is 0 Å². The van der Waals surface area contributed by atoms with Crippen LogP contribution in [0, 0.1) is 13.8 Å². The Balaban J connectivity index is 2.46. The molecule has 4 nitrogen and oxygen atoms in total. The van der Waals surface area contributed by atoms with E-state index < -0.39 is 5.97 Å². The molecule has 0 saturated carbocycles. The van der Waals surface area contributed by atoms with Crippen LogP contribution in [-0.2, 0) is 4.79 Å². The SMILES string of the molecule is C=C(c1ccc(OC)c(OC(C)=O)c1)c1cc(C)c(C)c(OC)c1. The molecule has 0 fully saturated rings. The summed E-state index contributed by atoms with van der Waals surface area (Å²) in [6.45, 7) is 9.59. The smallest absolute Gasteiger partial charge is 0.308 e. The van der Waals surface area contributed by atoms with Gasteiger partial charge >= 0.3 is 5.97 Å². The highest BCUT2D eigenvalue weighted by Gasteiger charge is 2.13. The Bertz CT molecular complexity index is 790. The number of esters is 1. The molecule has 2 aromatic rings. The van der Waals surface area contributed by atoms with Gasteiger partial charge in [-0.3, -0.25) is 4.79 Å². The van der Waals surface area contributed by atoms with Crippen LogP contribution in [0.3, 0.4) is 0 Å². The molecule has 2 rings (SSSR count). The molecule has 4 heteroatoms. The monoisotopic (exact) mass is 326 g/mol. The zero-order chi connectivity index (χ0) is 17.9. The van der Waals surface area contributed by atoms with Crippen LogP contribution in [-0.4, -0.2) is 20.2 Å². The molecular weight excluding hydrogens is 304 g/mol. The van der Waals surface area contributed by atoms with Crippen LogP contribution >= 0.6 is 0 Å². The van der Waals surface area contributed by atoms with Crippen molar-refractivity contribution in [2.75, 3.05) is 14.2 Å². The van der Waals surface area contributed by atoms with Crippen LogP contribution < -0.4 is 14.2 Å². The first-order valence-corrected chi connectivity index (χ1v) is 7.58. The van der Waals surface area contributed by atoms with Crippen molar-refractivity contribution in [3.63, 3.8) is 0 Å². The lowest BCUT2D eigenvalue weighted by Gasteiger charge is -2.15. The van der Waals surface area contributed by atoms with Gasteiger partial charge in [-0.2, -0.15) is 0 Å². The first-order chi connectivity index (χ1) is 11.4. The summed E-state index contributed by atoms with van der Waals surface area (Å²) >= 11 is 0. The topological polar surface area (TPSA) is 44.8 Å². The lowest BCUT2D eigenvalue weighted by Crippen LogP contribution is -2.03. The van der Waals surface area contributed by atoms with Gasteiger partial charge in [-0.15, -0.1) is 0 Å². The van der Waals surface area contributed by atoms with Crippen molar-refractivity contribution < 1.29 is 19.0 Å². The Hall–Kier alpha value is -2.75. The molecule has 0 spiro atoms. The molecule has 0 unspecified atom stereocenters. The summed E-state index contributed by atoms with van der Waals surface area (Å²) in [5.74, 6) is 1.29. The molecule has 0 atom stereocenters. The summed E-state index contributed by atoms with van der Waals surface area (Å²) in [6.07, 6.45) is 0. The Kier molecular flexibility index (Phi) is 5.29. The fraction of sp³-hybridized carbons (Fsp3) is 0.250. The van der Waals surface area contributed by atoms with Gasteiger partial charge in [-0.25, -0.2) is 0 Å². The maximum atomic E-state index is 11.3. The minimum atomic E-state index is -0.399. The highest BCUT2D eigenvalue weighted by atomic mass is 16.6. The zero-order valence-electron chi connectivity index (χ0n) is 14.7. The van der Waals surface area contributed by atoms with E-state index in [9.17, 15) is 4.79 Å². The van der Waals surface area contributed by atoms with Crippen molar-refractivity contribution in [2.24, 2.45) is 0 Å². The van der Waals surface area contributed by atoms with Crippen LogP contribution in [0.15, 0.2) is 36.9 Å². The van der Waals surface area contributed by atoms with Gasteiger partial charge in [0.2, 0.25) is 0 Å². The fourth-order valence-corrected chi connectivity index (χ4v) is 2.48. The van der Waals surface area contributed by atoms with Crippen LogP contribution in [0.25, 0.3) is 5.57 Å². The molecular formula is C20H22O4. The number of ether oxygens (including phenoxy) is 3. The lowest BCUT2D eigenvalue weighted by atomic mass is 9.95. The van der Waals surface area contributed by atoms with Gasteiger partial charge in [-0.1, -0.05) is 18.7 Å². The van der Waals surface area contributed by atoms with E-state index in [0.717, 1.165) is 33.6 Å². The number of hydrogen-bond donors (Lipinski definition) is 0. The van der Waals surface area contributed by atoms with Crippen molar-refractivity contribution in [3.05, 3.63) is 59.2 Å². The second-order valence-electron chi connectivity index (χ2n) is 5.56. The number of carbonyl (C=O) groups is 1. The molecule has 0 saturated heterocycles. The van der Waals surface area contributed by atoms with E-state index in [1.165, 1.54) is 14.0 Å². The van der Waals surface area contributed by atoms with Gasteiger partial charge in [0.25, 0.3) is 0 Å². The highest BCUT2D eigenvalue weighted by Crippen LogP contribution is 2.34. The fourth-order valence-electron chi connectivity index (χ4n) is 2.48. The van der Waals surface area contributed by atoms with Crippen molar-refractivity contribution >= 4 is 11.5 Å². The van der Waals surface area contributed by atoms with Crippen LogP contribution in [0.1, 0.15) is 29.2 Å². The van der Waals surface area contributed by atoms with Gasteiger partial charge < -0.3 is 14.2 Å². The van der Waals surface area contributed by atoms with Crippen molar-refractivity contribution in [1.82, 2.24) is 0 Å². The third-order valence-corrected chi connectivity index (χ3v) is 3.95. The number of aryl methyl sites for hydroxylation is 1. The Morgan fingerprint density at radius 2 is 1.54 bits per heavy atom. The van der Waals surface area contributed by atoms with Crippen molar-refractivity contribution in [1.29, 1.82) is 0 Å². The summed E-state index contributed by atoms with van der Waals surface area (Å²) in [7, 11) is 3.19. The van der Waals surface area contributed by atoms with E-state index in [0.29, 0.717) is 11.5 Å². The van der Waals surface area contributed by atoms with Gasteiger partial charge in [0.15, 0.2) is 11.5 Å². The first kappa shape index (κ1) is 17.6. The maximum absolute atomic E-state index is 11.3. The second kappa shape index (κ2) is 7.21. The molecule has 0 N–H and O–H groups in total. The summed E-state index contributed by atoms with van der Waals surface area (Å²) in [5.41, 5.74) is 4.84. The molecule has 0 heterocycles. The summed E-state index contributed by atoms with van der Waals surface area (Å²) in [4.78, 5) is 11.3. The molecule has 0 radical (unpaired) electrons. The predicted molar refractivity (Wildman–Crippen MR) is 94.9 cm³/mol. The predicted octanol–water partition coefficient (Wildman–Crippen LogP) is 4.31. The second-order valence-corrected chi connectivity index (χ2v) is 5.56. The summed E-state index contributed by atoms with van der Waals surface area (Å²) in [5, 5.41) is 0. The molecule has 0 aliphatic heterocycles. The standard InChI is InChI=1S/C20H22O4/c1-12-9-17(11-19(23-6)13(12)2)14(3)16-7-8-18(22-5)20(10-16)24-15(4)21/h7-11H,3H2,1-2,4-6H3. The van der Waals surface area contributed by atoms with E-state index in [-0.39, 0.29) is 0 Å². The van der Waals surface area contributed by atoms with Crippen molar-refractivity contribution in [3.8, 4) is 17.2 Å². The molecule has 0 aliphatic carbocycles. The third-order valence-electron chi connectivity index (χ3n) is 3.95. The van der Waals surface area contributed by atoms with Gasteiger partial charge in [0.05, 0.1) is 14.2 Å². The van der Waals surface area contributed by atoms with E-state index in [1.807, 2.05) is 26.0 Å². The molecule has 2 aromatic carbocycles. The van der Waals surface area contributed by atoms with Crippen LogP contribution in [0.5, 0.6) is 17.2 Å². The molecule has 0 aromatic heterocycles. The first-order valence-electron chi connectivity index (χ1n) is 7.58. The third kappa shape index (κ3) is 3.59. The van der Waals surface area contributed by atoms with Gasteiger partial charge in [-0.05, 0) is 59.9 Å². The molecule has 0 bridgehead atoms. The Labute approximate surface area is 142 Å². The average Bonchev–Trinajstić information content (AvgIpc) is 2.56. The van der Waals surface area contributed by atoms with Gasteiger partial charge in [0.1, 0.15) is 5.75 Å². The van der Waals surface area contributed by atoms with E-state index in [2.05, 4.69) is 12.6 Å². The normalized spacial score (nSPS) is 10.2. The number of carbonyl (C=O) groups excluding carboxylic acids is 1.